The number of rotatable bonds is 5. The predicted octanol–water partition coefficient (Wildman–Crippen LogP) is 4.96. The van der Waals surface area contributed by atoms with Crippen molar-refractivity contribution in [3.05, 3.63) is 58.1 Å². The summed E-state index contributed by atoms with van der Waals surface area (Å²) in [5, 5.41) is 3.65. The van der Waals surface area contributed by atoms with Crippen molar-refractivity contribution in [2.24, 2.45) is 0 Å². The Bertz CT molecular complexity index is 673. The van der Waals surface area contributed by atoms with Gasteiger partial charge in [0.15, 0.2) is 6.10 Å². The Balaban J connectivity index is 2.06. The summed E-state index contributed by atoms with van der Waals surface area (Å²) in [6, 6.07) is 12.6. The van der Waals surface area contributed by atoms with Crippen LogP contribution >= 0.6 is 23.2 Å². The zero-order valence-corrected chi connectivity index (χ0v) is 13.9. The van der Waals surface area contributed by atoms with Gasteiger partial charge in [0.05, 0.1) is 10.7 Å². The van der Waals surface area contributed by atoms with Crippen LogP contribution in [0.25, 0.3) is 0 Å². The normalized spacial score (nSPS) is 11.8. The van der Waals surface area contributed by atoms with Gasteiger partial charge in [-0.3, -0.25) is 4.79 Å². The molecule has 2 rings (SSSR count). The molecule has 0 unspecified atom stereocenters. The van der Waals surface area contributed by atoms with E-state index in [2.05, 4.69) is 5.32 Å². The van der Waals surface area contributed by atoms with Crippen molar-refractivity contribution in [1.29, 1.82) is 0 Å². The molecule has 3 nitrogen and oxygen atoms in total. The third-order valence-corrected chi connectivity index (χ3v) is 3.76. The van der Waals surface area contributed by atoms with Crippen LogP contribution in [0.1, 0.15) is 19.4 Å². The van der Waals surface area contributed by atoms with Crippen LogP contribution in [0.2, 0.25) is 10.0 Å². The molecule has 0 saturated heterocycles. The summed E-state index contributed by atoms with van der Waals surface area (Å²) in [5.74, 6) is 0.449. The summed E-state index contributed by atoms with van der Waals surface area (Å²) in [6.45, 7) is 3.74. The Kier molecular flexibility index (Phi) is 5.69. The van der Waals surface area contributed by atoms with E-state index in [9.17, 15) is 4.79 Å². The van der Waals surface area contributed by atoms with E-state index in [0.717, 1.165) is 17.7 Å². The van der Waals surface area contributed by atoms with Crippen molar-refractivity contribution in [3.8, 4) is 5.75 Å². The van der Waals surface area contributed by atoms with Gasteiger partial charge in [-0.15, -0.1) is 0 Å². The molecular formula is C17H17Cl2NO2. The van der Waals surface area contributed by atoms with E-state index < -0.39 is 6.10 Å². The summed E-state index contributed by atoms with van der Waals surface area (Å²) in [5.41, 5.74) is 1.57. The monoisotopic (exact) mass is 337 g/mol. The van der Waals surface area contributed by atoms with Crippen molar-refractivity contribution >= 4 is 34.8 Å². The lowest BCUT2D eigenvalue weighted by atomic mass is 10.1. The number of halogens is 2. The van der Waals surface area contributed by atoms with Crippen LogP contribution in [0, 0.1) is 0 Å². The number of amides is 1. The second kappa shape index (κ2) is 7.52. The molecule has 0 radical (unpaired) electrons. The van der Waals surface area contributed by atoms with Crippen LogP contribution in [0.5, 0.6) is 5.75 Å². The van der Waals surface area contributed by atoms with Crippen LogP contribution in [-0.4, -0.2) is 12.0 Å². The number of carbonyl (C=O) groups excluding carboxylic acids is 1. The summed E-state index contributed by atoms with van der Waals surface area (Å²) in [4.78, 5) is 12.2. The topological polar surface area (TPSA) is 38.3 Å². The Morgan fingerprint density at radius 3 is 2.64 bits per heavy atom. The molecule has 1 N–H and O–H groups in total. The maximum absolute atomic E-state index is 12.2. The molecule has 0 aromatic heterocycles. The van der Waals surface area contributed by atoms with E-state index in [1.54, 1.807) is 25.1 Å². The predicted molar refractivity (Wildman–Crippen MR) is 91.0 cm³/mol. The minimum atomic E-state index is -0.639. The summed E-state index contributed by atoms with van der Waals surface area (Å²) < 4.78 is 5.75. The average Bonchev–Trinajstić information content (AvgIpc) is 2.50. The molecule has 0 saturated carbocycles. The first-order chi connectivity index (χ1) is 10.5. The zero-order chi connectivity index (χ0) is 16.1. The number of nitrogens with one attached hydrogen (secondary N) is 1. The third-order valence-electron chi connectivity index (χ3n) is 3.22. The van der Waals surface area contributed by atoms with Crippen LogP contribution in [-0.2, 0) is 11.2 Å². The van der Waals surface area contributed by atoms with Gasteiger partial charge in [0, 0.05) is 5.02 Å². The van der Waals surface area contributed by atoms with Crippen molar-refractivity contribution in [3.63, 3.8) is 0 Å². The highest BCUT2D eigenvalue weighted by Gasteiger charge is 2.17. The first-order valence-electron chi connectivity index (χ1n) is 7.01. The number of aryl methyl sites for hydroxylation is 1. The molecule has 0 bridgehead atoms. The Hall–Kier alpha value is -1.71. The summed E-state index contributed by atoms with van der Waals surface area (Å²) in [6.07, 6.45) is 0.201. The fourth-order valence-electron chi connectivity index (χ4n) is 1.98. The van der Waals surface area contributed by atoms with Crippen molar-refractivity contribution < 1.29 is 9.53 Å². The number of ether oxygens (including phenoxy) is 1. The molecule has 1 amide bonds. The highest BCUT2D eigenvalue weighted by molar-refractivity contribution is 6.36. The molecule has 0 aliphatic rings. The molecule has 0 aliphatic carbocycles. The Morgan fingerprint density at radius 1 is 1.23 bits per heavy atom. The van der Waals surface area contributed by atoms with E-state index in [4.69, 9.17) is 27.9 Å². The minimum absolute atomic E-state index is 0.268. The van der Waals surface area contributed by atoms with E-state index in [-0.39, 0.29) is 5.91 Å². The van der Waals surface area contributed by atoms with Gasteiger partial charge in [0.1, 0.15) is 5.75 Å². The number of carbonyl (C=O) groups is 1. The lowest BCUT2D eigenvalue weighted by molar-refractivity contribution is -0.122. The molecule has 2 aromatic carbocycles. The van der Waals surface area contributed by atoms with E-state index >= 15 is 0 Å². The standard InChI is InChI=1S/C17H17Cl2NO2/c1-3-12-6-4-5-7-16(12)22-11(2)17(21)20-15-9-8-13(18)10-14(15)19/h4-11H,3H2,1-2H3,(H,20,21)/t11-/m0/s1. The first-order valence-corrected chi connectivity index (χ1v) is 7.77. The Labute approximate surface area is 140 Å². The van der Waals surface area contributed by atoms with Crippen LogP contribution < -0.4 is 10.1 Å². The lowest BCUT2D eigenvalue weighted by Gasteiger charge is -2.17. The largest absolute Gasteiger partial charge is 0.481 e. The number of hydrogen-bond acceptors (Lipinski definition) is 2. The maximum atomic E-state index is 12.2. The SMILES string of the molecule is CCc1ccccc1O[C@@H](C)C(=O)Nc1ccc(Cl)cc1Cl. The Morgan fingerprint density at radius 2 is 1.95 bits per heavy atom. The molecular weight excluding hydrogens is 321 g/mol. The number of para-hydroxylation sites is 1. The fourth-order valence-corrected chi connectivity index (χ4v) is 2.44. The van der Waals surface area contributed by atoms with Gasteiger partial charge in [-0.1, -0.05) is 48.3 Å². The van der Waals surface area contributed by atoms with Crippen LogP contribution in [0.3, 0.4) is 0 Å². The fraction of sp³-hybridized carbons (Fsp3) is 0.235. The van der Waals surface area contributed by atoms with Gasteiger partial charge in [-0.05, 0) is 43.2 Å². The minimum Gasteiger partial charge on any atom is -0.481 e. The molecule has 0 aliphatic heterocycles. The molecule has 22 heavy (non-hydrogen) atoms. The number of anilines is 1. The highest BCUT2D eigenvalue weighted by atomic mass is 35.5. The number of hydrogen-bond donors (Lipinski definition) is 1. The van der Waals surface area contributed by atoms with Crippen molar-refractivity contribution in [2.75, 3.05) is 5.32 Å². The highest BCUT2D eigenvalue weighted by Crippen LogP contribution is 2.26. The first kappa shape index (κ1) is 16.7. The molecule has 0 spiro atoms. The molecule has 1 atom stereocenters. The second-order valence-electron chi connectivity index (χ2n) is 4.83. The van der Waals surface area contributed by atoms with E-state index in [0.29, 0.717) is 15.7 Å². The molecule has 0 heterocycles. The van der Waals surface area contributed by atoms with Crippen molar-refractivity contribution in [1.82, 2.24) is 0 Å². The van der Waals surface area contributed by atoms with E-state index in [1.807, 2.05) is 31.2 Å². The van der Waals surface area contributed by atoms with Gasteiger partial charge in [0.2, 0.25) is 0 Å². The third kappa shape index (κ3) is 4.15. The average molecular weight is 338 g/mol. The molecule has 2 aromatic rings. The lowest BCUT2D eigenvalue weighted by Crippen LogP contribution is -2.30. The van der Waals surface area contributed by atoms with Gasteiger partial charge in [0.25, 0.3) is 5.91 Å². The second-order valence-corrected chi connectivity index (χ2v) is 5.68. The van der Waals surface area contributed by atoms with E-state index in [1.165, 1.54) is 0 Å². The van der Waals surface area contributed by atoms with Crippen LogP contribution in [0.4, 0.5) is 5.69 Å². The van der Waals surface area contributed by atoms with Crippen molar-refractivity contribution in [2.45, 2.75) is 26.4 Å². The zero-order valence-electron chi connectivity index (χ0n) is 12.4. The van der Waals surface area contributed by atoms with Crippen LogP contribution in [0.15, 0.2) is 42.5 Å². The van der Waals surface area contributed by atoms with Gasteiger partial charge in [-0.25, -0.2) is 0 Å². The molecule has 116 valence electrons. The molecule has 5 heteroatoms. The maximum Gasteiger partial charge on any atom is 0.265 e. The molecule has 0 fully saturated rings. The summed E-state index contributed by atoms with van der Waals surface area (Å²) >= 11 is 11.9. The van der Waals surface area contributed by atoms with Gasteiger partial charge in [-0.2, -0.15) is 0 Å². The smallest absolute Gasteiger partial charge is 0.265 e. The van der Waals surface area contributed by atoms with Gasteiger partial charge >= 0.3 is 0 Å². The number of benzene rings is 2. The summed E-state index contributed by atoms with van der Waals surface area (Å²) in [7, 11) is 0. The van der Waals surface area contributed by atoms with Gasteiger partial charge < -0.3 is 10.1 Å². The quantitative estimate of drug-likeness (QED) is 0.837.